The van der Waals surface area contributed by atoms with E-state index in [9.17, 15) is 0 Å². The van der Waals surface area contributed by atoms with Crippen molar-refractivity contribution in [1.29, 1.82) is 0 Å². The molecule has 0 amide bonds. The molecule has 9 heteroatoms. The Bertz CT molecular complexity index is 284. The van der Waals surface area contributed by atoms with Crippen LogP contribution in [0.2, 0.25) is 0 Å². The second-order valence-corrected chi connectivity index (χ2v) is 52.7. The van der Waals surface area contributed by atoms with E-state index in [2.05, 4.69) is 82.8 Å². The molecule has 0 aromatic heterocycles. The number of hydrogen-bond donors (Lipinski definition) is 0. The molecule has 4 rings (SSSR count). The molecule has 4 unspecified atom stereocenters. The number of rotatable bonds is 8. The average molecular weight is 540 g/mol. The van der Waals surface area contributed by atoms with Crippen molar-refractivity contribution in [3.63, 3.8) is 0 Å². The summed E-state index contributed by atoms with van der Waals surface area (Å²) in [6.07, 6.45) is 5.96. The van der Waals surface area contributed by atoms with Gasteiger partial charge in [-0.3, -0.25) is 0 Å². The third-order valence-electron chi connectivity index (χ3n) is 3.73. The number of hydrogen-bond acceptors (Lipinski definition) is 8. The molecule has 0 saturated carbocycles. The van der Waals surface area contributed by atoms with E-state index < -0.39 is 12.8 Å². The van der Waals surface area contributed by atoms with E-state index in [4.69, 9.17) is 0 Å². The summed E-state index contributed by atoms with van der Waals surface area (Å²) in [6.45, 7) is 0. The minimum absolute atomic E-state index is 0.966. The Balaban J connectivity index is 1.45. The maximum atomic E-state index is 2.53. The fourth-order valence-corrected chi connectivity index (χ4v) is 95.2. The first-order valence-electron chi connectivity index (χ1n) is 7.49. The summed E-state index contributed by atoms with van der Waals surface area (Å²) in [5.41, 5.74) is 0. The van der Waals surface area contributed by atoms with Crippen LogP contribution in [0.1, 0.15) is 25.7 Å². The predicted octanol–water partition coefficient (Wildman–Crippen LogP) is 6.21. The zero-order valence-electron chi connectivity index (χ0n) is 11.7. The molecule has 0 nitrogen and oxygen atoms in total. The predicted molar refractivity (Wildman–Crippen MR) is 120 cm³/mol. The summed E-state index contributed by atoms with van der Waals surface area (Å²) in [5.74, 6) is 5.70. The van der Waals surface area contributed by atoms with Crippen molar-refractivity contribution in [3.05, 3.63) is 0 Å². The van der Waals surface area contributed by atoms with Gasteiger partial charge < -0.3 is 0 Å². The van der Waals surface area contributed by atoms with Crippen LogP contribution >= 0.6 is 82.8 Å². The van der Waals surface area contributed by atoms with Gasteiger partial charge in [-0.25, -0.2) is 0 Å². The standard InChI is InChI=1S/4C3H6S2.Sn/c4*4-3-1-2-5-3;/h4*3-4H,1-2H2;/q;;;;+4/p-4. The van der Waals surface area contributed by atoms with E-state index >= 15 is 0 Å². The SMILES string of the molecule is C1CC([S][Sn]([S]C2CCS2)([S]C2CCS2)[S]C2CCS2)S1. The van der Waals surface area contributed by atoms with Crippen molar-refractivity contribution in [2.75, 3.05) is 23.0 Å². The summed E-state index contributed by atoms with van der Waals surface area (Å²) < 4.78 is 3.86. The van der Waals surface area contributed by atoms with Gasteiger partial charge in [-0.05, 0) is 0 Å². The van der Waals surface area contributed by atoms with Crippen LogP contribution in [-0.4, -0.2) is 54.2 Å². The molecule has 0 bridgehead atoms. The van der Waals surface area contributed by atoms with Crippen molar-refractivity contribution in [1.82, 2.24) is 0 Å². The van der Waals surface area contributed by atoms with Crippen LogP contribution in [0.15, 0.2) is 0 Å². The van der Waals surface area contributed by atoms with Crippen LogP contribution in [0.5, 0.6) is 0 Å². The second-order valence-electron chi connectivity index (χ2n) is 5.33. The first-order valence-corrected chi connectivity index (χ1v) is 29.2. The molecular formula is C12H20S8Sn. The Labute approximate surface area is 160 Å². The maximum absolute atomic E-state index is 2.53. The molecular weight excluding hydrogens is 519 g/mol. The van der Waals surface area contributed by atoms with Crippen molar-refractivity contribution in [2.24, 2.45) is 0 Å². The molecule has 0 radical (unpaired) electrons. The number of thioether (sulfide) groups is 4. The Morgan fingerprint density at radius 3 is 0.905 bits per heavy atom. The Morgan fingerprint density at radius 1 is 0.524 bits per heavy atom. The molecule has 120 valence electrons. The first-order chi connectivity index (χ1) is 10.3. The minimum atomic E-state index is -2.23. The van der Waals surface area contributed by atoms with Crippen molar-refractivity contribution in [3.8, 4) is 0 Å². The molecule has 21 heavy (non-hydrogen) atoms. The van der Waals surface area contributed by atoms with Gasteiger partial charge in [0.15, 0.2) is 0 Å². The van der Waals surface area contributed by atoms with Crippen LogP contribution in [0.25, 0.3) is 0 Å². The molecule has 4 saturated heterocycles. The van der Waals surface area contributed by atoms with Crippen LogP contribution in [-0.2, 0) is 0 Å². The van der Waals surface area contributed by atoms with E-state index in [0.29, 0.717) is 0 Å². The summed E-state index contributed by atoms with van der Waals surface area (Å²) in [6, 6.07) is 0. The topological polar surface area (TPSA) is 0 Å². The molecule has 0 spiro atoms. The Morgan fingerprint density at radius 2 is 0.762 bits per heavy atom. The van der Waals surface area contributed by atoms with Crippen LogP contribution in [0, 0.1) is 0 Å². The van der Waals surface area contributed by atoms with Crippen molar-refractivity contribution in [2.45, 2.75) is 44.0 Å². The quantitative estimate of drug-likeness (QED) is 0.330. The van der Waals surface area contributed by atoms with E-state index in [0.717, 1.165) is 18.3 Å². The molecule has 4 fully saturated rings. The van der Waals surface area contributed by atoms with Gasteiger partial charge in [-0.15, -0.1) is 0 Å². The third-order valence-corrected chi connectivity index (χ3v) is 62.7. The van der Waals surface area contributed by atoms with Gasteiger partial charge in [0.25, 0.3) is 0 Å². The van der Waals surface area contributed by atoms with E-state index in [1.54, 1.807) is 0 Å². The molecule has 4 atom stereocenters. The van der Waals surface area contributed by atoms with E-state index in [1.165, 1.54) is 48.7 Å². The van der Waals surface area contributed by atoms with Gasteiger partial charge in [-0.1, -0.05) is 0 Å². The second kappa shape index (κ2) is 8.53. The van der Waals surface area contributed by atoms with Crippen LogP contribution < -0.4 is 0 Å². The molecule has 4 heterocycles. The molecule has 0 N–H and O–H groups in total. The first kappa shape index (κ1) is 18.0. The summed E-state index contributed by atoms with van der Waals surface area (Å²) in [7, 11) is 10.1. The van der Waals surface area contributed by atoms with Crippen molar-refractivity contribution < 1.29 is 0 Å². The zero-order chi connectivity index (χ0) is 14.1. The van der Waals surface area contributed by atoms with Gasteiger partial charge in [0.1, 0.15) is 0 Å². The molecule has 0 aliphatic carbocycles. The molecule has 4 aliphatic heterocycles. The summed E-state index contributed by atoms with van der Waals surface area (Å²) in [4.78, 5) is 0. The molecule has 0 aromatic carbocycles. The van der Waals surface area contributed by atoms with E-state index in [-0.39, 0.29) is 0 Å². The normalized spacial score (nSPS) is 41.1. The summed E-state index contributed by atoms with van der Waals surface area (Å²) in [5, 5.41) is 0. The van der Waals surface area contributed by atoms with Crippen LogP contribution in [0.3, 0.4) is 0 Å². The monoisotopic (exact) mass is 540 g/mol. The van der Waals surface area contributed by atoms with Gasteiger partial charge >= 0.3 is 163 Å². The summed E-state index contributed by atoms with van der Waals surface area (Å²) >= 11 is 6.76. The van der Waals surface area contributed by atoms with Gasteiger partial charge in [0, 0.05) is 0 Å². The third kappa shape index (κ3) is 4.86. The van der Waals surface area contributed by atoms with Gasteiger partial charge in [-0.2, -0.15) is 0 Å². The van der Waals surface area contributed by atoms with Gasteiger partial charge in [0.05, 0.1) is 0 Å². The van der Waals surface area contributed by atoms with Crippen LogP contribution in [0.4, 0.5) is 0 Å². The fourth-order valence-electron chi connectivity index (χ4n) is 2.04. The zero-order valence-corrected chi connectivity index (χ0v) is 21.1. The Hall–Kier alpha value is 3.60. The molecule has 4 aliphatic rings. The van der Waals surface area contributed by atoms with Gasteiger partial charge in [0.2, 0.25) is 0 Å². The average Bonchev–Trinajstić information content (AvgIpc) is 2.28. The Kier molecular flexibility index (Phi) is 7.30. The molecule has 0 aromatic rings. The fraction of sp³-hybridized carbons (Fsp3) is 1.00. The van der Waals surface area contributed by atoms with Crippen molar-refractivity contribution >= 4 is 95.7 Å². The van der Waals surface area contributed by atoms with E-state index in [1.807, 2.05) is 0 Å².